The van der Waals surface area contributed by atoms with E-state index in [0.29, 0.717) is 5.52 Å². The molecule has 7 heteroatoms. The van der Waals surface area contributed by atoms with Gasteiger partial charge in [0, 0.05) is 0 Å². The van der Waals surface area contributed by atoms with Crippen LogP contribution in [0.5, 0.6) is 0 Å². The van der Waals surface area contributed by atoms with Crippen molar-refractivity contribution in [3.63, 3.8) is 0 Å². The summed E-state index contributed by atoms with van der Waals surface area (Å²) in [6.45, 7) is 0. The topological polar surface area (TPSA) is 145 Å². The van der Waals surface area contributed by atoms with Crippen LogP contribution in [0.4, 0.5) is 0 Å². The van der Waals surface area contributed by atoms with Gasteiger partial charge in [-0.15, -0.1) is 0 Å². The molecule has 1 aromatic heterocycles. The van der Waals surface area contributed by atoms with Crippen LogP contribution in [0, 0.1) is 11.3 Å². The van der Waals surface area contributed by atoms with Crippen LogP contribution in [0.3, 0.4) is 0 Å². The van der Waals surface area contributed by atoms with Crippen molar-refractivity contribution in [2.24, 2.45) is 17.2 Å². The Bertz CT molecular complexity index is 565. The number of carbonyl (C=O) groups excluding carboxylic acids is 1. The van der Waals surface area contributed by atoms with Crippen LogP contribution < -0.4 is 17.2 Å². The van der Waals surface area contributed by atoms with E-state index >= 15 is 0 Å². The minimum atomic E-state index is -0.296. The van der Waals surface area contributed by atoms with Crippen molar-refractivity contribution in [3.05, 3.63) is 36.2 Å². The number of nitrogens with zero attached hydrogens (tertiary/aromatic N) is 3. The highest BCUT2D eigenvalue weighted by molar-refractivity contribution is 5.96. The van der Waals surface area contributed by atoms with Gasteiger partial charge in [-0.05, 0) is 33.3 Å². The summed E-state index contributed by atoms with van der Waals surface area (Å²) in [5.41, 5.74) is 15.2. The molecule has 1 heterocycles. The Labute approximate surface area is 124 Å². The number of hydrogen-bond donors (Lipinski definition) is 3. The van der Waals surface area contributed by atoms with E-state index in [1.165, 1.54) is 27.3 Å². The highest BCUT2D eigenvalue weighted by atomic mass is 16.1. The largest absolute Gasteiger partial charge is 0.333 e. The summed E-state index contributed by atoms with van der Waals surface area (Å²) in [6.07, 6.45) is 1.25. The highest BCUT2D eigenvalue weighted by Gasteiger charge is 2.07. The van der Waals surface area contributed by atoms with E-state index in [4.69, 9.17) is 5.26 Å². The number of para-hydroxylation sites is 2. The van der Waals surface area contributed by atoms with E-state index in [2.05, 4.69) is 27.2 Å². The fourth-order valence-corrected chi connectivity index (χ4v) is 1.25. The average Bonchev–Trinajstić information content (AvgIpc) is 2.60. The van der Waals surface area contributed by atoms with Gasteiger partial charge in [0.05, 0.1) is 23.3 Å². The van der Waals surface area contributed by atoms with Crippen molar-refractivity contribution in [2.75, 3.05) is 21.1 Å². The van der Waals surface area contributed by atoms with Gasteiger partial charge in [0.1, 0.15) is 12.1 Å². The lowest BCUT2D eigenvalue weighted by molar-refractivity contribution is 0.0993. The Morgan fingerprint density at radius 2 is 1.62 bits per heavy atom. The summed E-state index contributed by atoms with van der Waals surface area (Å²) in [5.74, 6) is -0.296. The lowest BCUT2D eigenvalue weighted by atomic mass is 10.2. The molecule has 0 unspecified atom stereocenters. The summed E-state index contributed by atoms with van der Waals surface area (Å²) in [6, 6.07) is 9.08. The van der Waals surface area contributed by atoms with Crippen molar-refractivity contribution in [1.29, 1.82) is 5.26 Å². The molecule has 2 aromatic rings. The number of fused-ring (bicyclic) bond motifs is 1. The van der Waals surface area contributed by atoms with Gasteiger partial charge in [-0.25, -0.2) is 4.98 Å². The zero-order valence-electron chi connectivity index (χ0n) is 12.6. The number of hydrogen-bond acceptors (Lipinski definition) is 7. The number of nitriles is 1. The van der Waals surface area contributed by atoms with Gasteiger partial charge in [0.2, 0.25) is 0 Å². The molecule has 0 atom stereocenters. The van der Waals surface area contributed by atoms with Crippen molar-refractivity contribution in [1.82, 2.24) is 9.97 Å². The van der Waals surface area contributed by atoms with Crippen molar-refractivity contribution in [3.8, 4) is 6.07 Å². The third kappa shape index (κ3) is 7.08. The molecule has 0 aliphatic rings. The van der Waals surface area contributed by atoms with Crippen molar-refractivity contribution < 1.29 is 4.79 Å². The summed E-state index contributed by atoms with van der Waals surface area (Å²) < 4.78 is 0. The van der Waals surface area contributed by atoms with Crippen molar-refractivity contribution in [2.45, 2.75) is 6.42 Å². The molecule has 0 spiro atoms. The first-order valence-corrected chi connectivity index (χ1v) is 6.16. The zero-order valence-corrected chi connectivity index (χ0v) is 12.6. The molecule has 7 nitrogen and oxygen atoms in total. The number of aromatic nitrogens is 2. The lowest BCUT2D eigenvalue weighted by Gasteiger charge is -1.98. The van der Waals surface area contributed by atoms with Crippen LogP contribution in [-0.2, 0) is 0 Å². The Balaban J connectivity index is 0. The van der Waals surface area contributed by atoms with Crippen LogP contribution >= 0.6 is 0 Å². The Morgan fingerprint density at radius 1 is 1.10 bits per heavy atom. The first-order chi connectivity index (χ1) is 10.3. The van der Waals surface area contributed by atoms with Gasteiger partial charge in [0.15, 0.2) is 5.78 Å². The quantitative estimate of drug-likeness (QED) is 0.681. The van der Waals surface area contributed by atoms with Gasteiger partial charge in [-0.1, -0.05) is 12.1 Å². The van der Waals surface area contributed by atoms with Crippen LogP contribution in [0.2, 0.25) is 0 Å². The number of carbonyl (C=O) groups is 1. The molecule has 0 saturated heterocycles. The Hall–Kier alpha value is -2.40. The van der Waals surface area contributed by atoms with Gasteiger partial charge >= 0.3 is 0 Å². The van der Waals surface area contributed by atoms with Gasteiger partial charge in [-0.3, -0.25) is 9.78 Å². The van der Waals surface area contributed by atoms with Crippen LogP contribution in [0.25, 0.3) is 11.0 Å². The van der Waals surface area contributed by atoms with Crippen molar-refractivity contribution >= 4 is 16.8 Å². The van der Waals surface area contributed by atoms with E-state index in [1.54, 1.807) is 12.1 Å². The number of Topliss-reactive ketones (excluding diaryl/α,β-unsaturated/α-hetero) is 1. The molecule has 2 rings (SSSR count). The number of nitrogens with two attached hydrogens (primary N) is 3. The summed E-state index contributed by atoms with van der Waals surface area (Å²) in [4.78, 5) is 19.6. The maximum atomic E-state index is 11.4. The molecule has 21 heavy (non-hydrogen) atoms. The molecule has 0 amide bonds. The fraction of sp³-hybridized carbons (Fsp3) is 0.286. The van der Waals surface area contributed by atoms with Gasteiger partial charge < -0.3 is 17.2 Å². The smallest absolute Gasteiger partial charge is 0.196 e. The maximum absolute atomic E-state index is 11.4. The van der Waals surface area contributed by atoms with E-state index in [9.17, 15) is 4.79 Å². The van der Waals surface area contributed by atoms with E-state index in [0.717, 1.165) is 5.52 Å². The number of benzene rings is 1. The standard InChI is InChI=1S/C11H7N3O.3CH5N/c12-6-5-11(15)10-7-13-8-3-1-2-4-9(8)14-10;3*1-2/h1-4,7H,5H2;3*2H2,1H3. The molecule has 6 N–H and O–H groups in total. The maximum Gasteiger partial charge on any atom is 0.196 e. The molecular formula is C14H22N6O. The number of ketones is 1. The van der Waals surface area contributed by atoms with Crippen LogP contribution in [0.1, 0.15) is 16.9 Å². The second-order valence-electron chi connectivity index (χ2n) is 3.00. The summed E-state index contributed by atoms with van der Waals surface area (Å²) in [7, 11) is 4.50. The molecule has 1 aromatic carbocycles. The Kier molecular flexibility index (Phi) is 14.0. The molecular weight excluding hydrogens is 268 g/mol. The minimum absolute atomic E-state index is 0.160. The SMILES string of the molecule is CN.CN.CN.N#CCC(=O)c1cnc2ccccc2n1. The highest BCUT2D eigenvalue weighted by Crippen LogP contribution is 2.09. The predicted molar refractivity (Wildman–Crippen MR) is 84.4 cm³/mol. The van der Waals surface area contributed by atoms with Crippen LogP contribution in [0.15, 0.2) is 30.5 Å². The summed E-state index contributed by atoms with van der Waals surface area (Å²) in [5, 5.41) is 8.39. The lowest BCUT2D eigenvalue weighted by Crippen LogP contribution is -2.02. The third-order valence-electron chi connectivity index (χ3n) is 1.97. The first-order valence-electron chi connectivity index (χ1n) is 6.16. The Morgan fingerprint density at radius 3 is 2.14 bits per heavy atom. The first kappa shape index (κ1) is 20.9. The second-order valence-corrected chi connectivity index (χ2v) is 3.00. The zero-order chi connectivity index (χ0) is 16.7. The second kappa shape index (κ2) is 14.0. The van der Waals surface area contributed by atoms with E-state index in [1.807, 2.05) is 18.2 Å². The van der Waals surface area contributed by atoms with Crippen LogP contribution in [-0.4, -0.2) is 36.9 Å². The summed E-state index contributed by atoms with van der Waals surface area (Å²) >= 11 is 0. The molecule has 0 fully saturated rings. The van der Waals surface area contributed by atoms with Gasteiger partial charge in [0.25, 0.3) is 0 Å². The molecule has 0 aliphatic carbocycles. The number of rotatable bonds is 2. The molecule has 114 valence electrons. The molecule has 0 bridgehead atoms. The third-order valence-corrected chi connectivity index (χ3v) is 1.97. The van der Waals surface area contributed by atoms with Gasteiger partial charge in [-0.2, -0.15) is 5.26 Å². The normalized spacial score (nSPS) is 7.86. The monoisotopic (exact) mass is 290 g/mol. The minimum Gasteiger partial charge on any atom is -0.333 e. The van der Waals surface area contributed by atoms with E-state index in [-0.39, 0.29) is 17.9 Å². The predicted octanol–water partition coefficient (Wildman–Crippen LogP) is 0.451. The molecule has 0 aliphatic heterocycles. The molecule has 0 radical (unpaired) electrons. The molecule has 0 saturated carbocycles. The van der Waals surface area contributed by atoms with E-state index < -0.39 is 0 Å². The average molecular weight is 290 g/mol. The fourth-order valence-electron chi connectivity index (χ4n) is 1.25.